The summed E-state index contributed by atoms with van der Waals surface area (Å²) in [6.45, 7) is 7.97. The highest BCUT2D eigenvalue weighted by Gasteiger charge is 2.17. The van der Waals surface area contributed by atoms with Crippen LogP contribution in [0, 0.1) is 5.92 Å². The quantitative estimate of drug-likeness (QED) is 0.783. The standard InChI is InChI=1S/C15H25N3/c1-2-18-9-7-13(8-10-18)11-17-12-14-5-3-4-6-15(14)16/h3-6,13,17H,2,7-12,16H2,1H3. The Kier molecular flexibility index (Phi) is 5.02. The molecule has 3 nitrogen and oxygen atoms in total. The number of nitrogens with two attached hydrogens (primary N) is 1. The van der Waals surface area contributed by atoms with E-state index in [4.69, 9.17) is 5.73 Å². The van der Waals surface area contributed by atoms with Crippen molar-refractivity contribution in [3.63, 3.8) is 0 Å². The number of rotatable bonds is 5. The van der Waals surface area contributed by atoms with Crippen molar-refractivity contribution in [1.29, 1.82) is 0 Å². The van der Waals surface area contributed by atoms with Crippen LogP contribution in [-0.4, -0.2) is 31.1 Å². The molecule has 100 valence electrons. The van der Waals surface area contributed by atoms with Gasteiger partial charge in [0.2, 0.25) is 0 Å². The molecule has 1 aromatic carbocycles. The van der Waals surface area contributed by atoms with Crippen molar-refractivity contribution in [2.75, 3.05) is 31.9 Å². The first kappa shape index (κ1) is 13.4. The van der Waals surface area contributed by atoms with Gasteiger partial charge in [-0.1, -0.05) is 25.1 Å². The highest BCUT2D eigenvalue weighted by Crippen LogP contribution is 2.16. The SMILES string of the molecule is CCN1CCC(CNCc2ccccc2N)CC1. The van der Waals surface area contributed by atoms with E-state index in [2.05, 4.69) is 23.2 Å². The van der Waals surface area contributed by atoms with Gasteiger partial charge in [-0.15, -0.1) is 0 Å². The number of nitrogen functional groups attached to an aromatic ring is 1. The van der Waals surface area contributed by atoms with Crippen molar-refractivity contribution in [3.05, 3.63) is 29.8 Å². The minimum Gasteiger partial charge on any atom is -0.398 e. The van der Waals surface area contributed by atoms with Crippen LogP contribution in [0.25, 0.3) is 0 Å². The Hall–Kier alpha value is -1.06. The molecule has 0 unspecified atom stereocenters. The highest BCUT2D eigenvalue weighted by molar-refractivity contribution is 5.46. The summed E-state index contributed by atoms with van der Waals surface area (Å²) in [5.41, 5.74) is 8.04. The molecule has 1 saturated heterocycles. The first-order valence-corrected chi connectivity index (χ1v) is 7.06. The van der Waals surface area contributed by atoms with Crippen molar-refractivity contribution in [3.8, 4) is 0 Å². The maximum absolute atomic E-state index is 5.93. The van der Waals surface area contributed by atoms with Gasteiger partial charge < -0.3 is 16.0 Å². The Balaban J connectivity index is 1.69. The van der Waals surface area contributed by atoms with E-state index in [0.717, 1.165) is 24.7 Å². The summed E-state index contributed by atoms with van der Waals surface area (Å²) in [5.74, 6) is 0.831. The Morgan fingerprint density at radius 3 is 2.67 bits per heavy atom. The molecule has 3 N–H and O–H groups in total. The average Bonchev–Trinajstić information content (AvgIpc) is 2.42. The van der Waals surface area contributed by atoms with Crippen LogP contribution in [0.4, 0.5) is 5.69 Å². The summed E-state index contributed by atoms with van der Waals surface area (Å²) < 4.78 is 0. The normalized spacial score (nSPS) is 18.1. The molecular formula is C15H25N3. The lowest BCUT2D eigenvalue weighted by Crippen LogP contribution is -2.37. The van der Waals surface area contributed by atoms with Crippen LogP contribution in [-0.2, 0) is 6.54 Å². The molecule has 2 rings (SSSR count). The number of para-hydroxylation sites is 1. The number of nitrogens with one attached hydrogen (secondary N) is 1. The topological polar surface area (TPSA) is 41.3 Å². The Bertz CT molecular complexity index is 357. The second kappa shape index (κ2) is 6.76. The maximum Gasteiger partial charge on any atom is 0.0359 e. The molecular weight excluding hydrogens is 222 g/mol. The molecule has 1 heterocycles. The van der Waals surface area contributed by atoms with E-state index in [1.807, 2.05) is 18.2 Å². The fourth-order valence-electron chi connectivity index (χ4n) is 2.61. The van der Waals surface area contributed by atoms with Crippen molar-refractivity contribution in [2.45, 2.75) is 26.3 Å². The minimum atomic E-state index is 0.831. The molecule has 0 bridgehead atoms. The monoisotopic (exact) mass is 247 g/mol. The van der Waals surface area contributed by atoms with Gasteiger partial charge in [-0.2, -0.15) is 0 Å². The zero-order valence-corrected chi connectivity index (χ0v) is 11.4. The summed E-state index contributed by atoms with van der Waals surface area (Å²) in [5, 5.41) is 3.55. The van der Waals surface area contributed by atoms with Crippen molar-refractivity contribution < 1.29 is 0 Å². The fraction of sp³-hybridized carbons (Fsp3) is 0.600. The van der Waals surface area contributed by atoms with Crippen LogP contribution in [0.1, 0.15) is 25.3 Å². The number of nitrogens with zero attached hydrogens (tertiary/aromatic N) is 1. The number of piperidine rings is 1. The lowest BCUT2D eigenvalue weighted by molar-refractivity contribution is 0.190. The Morgan fingerprint density at radius 1 is 1.28 bits per heavy atom. The van der Waals surface area contributed by atoms with E-state index < -0.39 is 0 Å². The molecule has 0 aliphatic carbocycles. The minimum absolute atomic E-state index is 0.831. The van der Waals surface area contributed by atoms with Crippen LogP contribution >= 0.6 is 0 Å². The van der Waals surface area contributed by atoms with Gasteiger partial charge >= 0.3 is 0 Å². The summed E-state index contributed by atoms with van der Waals surface area (Å²) in [7, 11) is 0. The van der Waals surface area contributed by atoms with E-state index in [-0.39, 0.29) is 0 Å². The molecule has 0 radical (unpaired) electrons. The Labute approximate surface area is 110 Å². The molecule has 3 heteroatoms. The lowest BCUT2D eigenvalue weighted by Gasteiger charge is -2.31. The maximum atomic E-state index is 5.93. The van der Waals surface area contributed by atoms with Gasteiger partial charge in [-0.25, -0.2) is 0 Å². The largest absolute Gasteiger partial charge is 0.398 e. The summed E-state index contributed by atoms with van der Waals surface area (Å²) in [6, 6.07) is 8.10. The van der Waals surface area contributed by atoms with E-state index in [1.165, 1.54) is 38.0 Å². The van der Waals surface area contributed by atoms with Gasteiger partial charge in [-0.3, -0.25) is 0 Å². The Morgan fingerprint density at radius 2 is 2.00 bits per heavy atom. The molecule has 0 spiro atoms. The predicted molar refractivity (Wildman–Crippen MR) is 77.4 cm³/mol. The van der Waals surface area contributed by atoms with Gasteiger partial charge in [0.05, 0.1) is 0 Å². The molecule has 0 saturated carbocycles. The molecule has 1 fully saturated rings. The van der Waals surface area contributed by atoms with Gasteiger partial charge in [0, 0.05) is 12.2 Å². The van der Waals surface area contributed by atoms with Gasteiger partial charge in [-0.05, 0) is 56.6 Å². The first-order chi connectivity index (χ1) is 8.79. The van der Waals surface area contributed by atoms with Crippen molar-refractivity contribution in [2.24, 2.45) is 5.92 Å². The van der Waals surface area contributed by atoms with Crippen LogP contribution in [0.2, 0.25) is 0 Å². The van der Waals surface area contributed by atoms with Crippen LogP contribution < -0.4 is 11.1 Å². The molecule has 1 aromatic rings. The molecule has 18 heavy (non-hydrogen) atoms. The van der Waals surface area contributed by atoms with E-state index >= 15 is 0 Å². The summed E-state index contributed by atoms with van der Waals surface area (Å²) >= 11 is 0. The second-order valence-corrected chi connectivity index (χ2v) is 5.21. The van der Waals surface area contributed by atoms with E-state index in [1.54, 1.807) is 0 Å². The summed E-state index contributed by atoms with van der Waals surface area (Å²) in [4.78, 5) is 2.53. The highest BCUT2D eigenvalue weighted by atomic mass is 15.1. The predicted octanol–water partition coefficient (Wildman–Crippen LogP) is 2.09. The number of hydrogen-bond acceptors (Lipinski definition) is 3. The number of likely N-dealkylation sites (tertiary alicyclic amines) is 1. The third kappa shape index (κ3) is 3.72. The molecule has 1 aliphatic heterocycles. The number of anilines is 1. The third-order valence-corrected chi connectivity index (χ3v) is 3.96. The van der Waals surface area contributed by atoms with Gasteiger partial charge in [0.1, 0.15) is 0 Å². The van der Waals surface area contributed by atoms with Crippen molar-refractivity contribution >= 4 is 5.69 Å². The number of hydrogen-bond donors (Lipinski definition) is 2. The lowest BCUT2D eigenvalue weighted by atomic mass is 9.97. The molecule has 0 atom stereocenters. The molecule has 0 amide bonds. The molecule has 0 aromatic heterocycles. The zero-order valence-electron chi connectivity index (χ0n) is 11.4. The van der Waals surface area contributed by atoms with Gasteiger partial charge in [0.15, 0.2) is 0 Å². The average molecular weight is 247 g/mol. The molecule has 1 aliphatic rings. The van der Waals surface area contributed by atoms with E-state index in [9.17, 15) is 0 Å². The van der Waals surface area contributed by atoms with Crippen molar-refractivity contribution in [1.82, 2.24) is 10.2 Å². The summed E-state index contributed by atoms with van der Waals surface area (Å²) in [6.07, 6.45) is 2.65. The smallest absolute Gasteiger partial charge is 0.0359 e. The fourth-order valence-corrected chi connectivity index (χ4v) is 2.61. The first-order valence-electron chi connectivity index (χ1n) is 7.06. The van der Waals surface area contributed by atoms with Crippen LogP contribution in [0.5, 0.6) is 0 Å². The second-order valence-electron chi connectivity index (χ2n) is 5.21. The van der Waals surface area contributed by atoms with Crippen LogP contribution in [0.3, 0.4) is 0 Å². The van der Waals surface area contributed by atoms with Gasteiger partial charge in [0.25, 0.3) is 0 Å². The van der Waals surface area contributed by atoms with E-state index in [0.29, 0.717) is 0 Å². The third-order valence-electron chi connectivity index (χ3n) is 3.96. The van der Waals surface area contributed by atoms with Crippen LogP contribution in [0.15, 0.2) is 24.3 Å². The number of benzene rings is 1. The zero-order chi connectivity index (χ0) is 12.8.